The van der Waals surface area contributed by atoms with Gasteiger partial charge >= 0.3 is 6.03 Å². The van der Waals surface area contributed by atoms with Gasteiger partial charge in [0.25, 0.3) is 0 Å². The molecular weight excluding hydrogens is 292 g/mol. The van der Waals surface area contributed by atoms with Gasteiger partial charge in [-0.05, 0) is 12.8 Å². The van der Waals surface area contributed by atoms with Gasteiger partial charge in [0.1, 0.15) is 5.70 Å². The molecule has 3 aliphatic heterocycles. The van der Waals surface area contributed by atoms with Gasteiger partial charge in [0.2, 0.25) is 5.88 Å². The molecule has 2 amide bonds. The predicted octanol–water partition coefficient (Wildman–Crippen LogP) is 0.551. The van der Waals surface area contributed by atoms with Gasteiger partial charge in [-0.2, -0.15) is 0 Å². The molecule has 8 nitrogen and oxygen atoms in total. The van der Waals surface area contributed by atoms with Crippen LogP contribution in [0, 0.1) is 0 Å². The number of carbonyl (C=O) groups excluding carboxylic acids is 1. The zero-order valence-corrected chi connectivity index (χ0v) is 12.4. The van der Waals surface area contributed by atoms with Gasteiger partial charge in [-0.3, -0.25) is 5.32 Å². The van der Waals surface area contributed by atoms with Gasteiger partial charge in [-0.15, -0.1) is 4.99 Å². The first-order valence-electron chi connectivity index (χ1n) is 6.68. The number of amides is 2. The summed E-state index contributed by atoms with van der Waals surface area (Å²) in [4.78, 5) is 26.2. The van der Waals surface area contributed by atoms with E-state index in [2.05, 4.69) is 26.3 Å². The molecule has 1 unspecified atom stereocenters. The Hall–Kier alpha value is -1.83. The summed E-state index contributed by atoms with van der Waals surface area (Å²) in [6.07, 6.45) is 1.65. The van der Waals surface area contributed by atoms with Crippen molar-refractivity contribution < 1.29 is 9.53 Å². The number of hydrogen-bond donors (Lipinski definition) is 2. The number of methoxy groups -OCH3 is 1. The number of urea groups is 1. The third-order valence-electron chi connectivity index (χ3n) is 3.46. The molecule has 0 saturated carbocycles. The molecule has 0 bridgehead atoms. The molecule has 0 aromatic heterocycles. The lowest BCUT2D eigenvalue weighted by atomic mass is 10.1. The molecule has 21 heavy (non-hydrogen) atoms. The lowest BCUT2D eigenvalue weighted by molar-refractivity contribution is 0.187. The standard InChI is InChI=1S/C12H16N6O2S/c1-20-9-8-10(15-6-14-9)21-11(16-8)17-12(19)18-4-2-7(13)3-5-18/h7,10H,2-5,13H2,1H3,(H,16,17,19). The van der Waals surface area contributed by atoms with E-state index >= 15 is 0 Å². The Balaban J connectivity index is 1.64. The summed E-state index contributed by atoms with van der Waals surface area (Å²) < 4.78 is 5.12. The Morgan fingerprint density at radius 3 is 3.00 bits per heavy atom. The predicted molar refractivity (Wildman–Crippen MR) is 80.0 cm³/mol. The van der Waals surface area contributed by atoms with E-state index in [1.54, 1.807) is 4.90 Å². The normalized spacial score (nSPS) is 25.0. The Labute approximate surface area is 126 Å². The number of fused-ring (bicyclic) bond motifs is 1. The van der Waals surface area contributed by atoms with Crippen molar-refractivity contribution in [3.63, 3.8) is 0 Å². The zero-order valence-electron chi connectivity index (χ0n) is 11.6. The summed E-state index contributed by atoms with van der Waals surface area (Å²) >= 11 is 1.35. The third-order valence-corrected chi connectivity index (χ3v) is 4.43. The van der Waals surface area contributed by atoms with E-state index in [0.717, 1.165) is 12.8 Å². The first-order chi connectivity index (χ1) is 10.2. The number of nitrogens with zero attached hydrogens (tertiary/aromatic N) is 4. The molecule has 9 heteroatoms. The van der Waals surface area contributed by atoms with Crippen molar-refractivity contribution in [1.29, 1.82) is 0 Å². The number of carbonyl (C=O) groups is 1. The van der Waals surface area contributed by atoms with Crippen LogP contribution < -0.4 is 11.1 Å². The zero-order chi connectivity index (χ0) is 14.8. The molecule has 0 aromatic carbocycles. The monoisotopic (exact) mass is 308 g/mol. The van der Waals surface area contributed by atoms with Crippen LogP contribution in [0.3, 0.4) is 0 Å². The lowest BCUT2D eigenvalue weighted by Gasteiger charge is -2.29. The van der Waals surface area contributed by atoms with E-state index in [1.165, 1.54) is 18.9 Å². The molecule has 0 radical (unpaired) electrons. The summed E-state index contributed by atoms with van der Waals surface area (Å²) in [6.45, 7) is 1.34. The van der Waals surface area contributed by atoms with E-state index in [1.807, 2.05) is 0 Å². The average Bonchev–Trinajstić information content (AvgIpc) is 2.90. The first kappa shape index (κ1) is 14.1. The summed E-state index contributed by atoms with van der Waals surface area (Å²) in [6, 6.07) is 2.57. The minimum atomic E-state index is -0.248. The number of likely N-dealkylation sites (tertiary alicyclic amines) is 1. The van der Waals surface area contributed by atoms with Crippen LogP contribution in [0.2, 0.25) is 0 Å². The largest absolute Gasteiger partial charge is 0.479 e. The highest BCUT2D eigenvalue weighted by Gasteiger charge is 2.32. The fourth-order valence-corrected chi connectivity index (χ4v) is 3.13. The van der Waals surface area contributed by atoms with Crippen LogP contribution in [0.25, 0.3) is 0 Å². The summed E-state index contributed by atoms with van der Waals surface area (Å²) in [5.41, 5.74) is 6.44. The maximum absolute atomic E-state index is 12.2. The Kier molecular flexibility index (Phi) is 3.96. The van der Waals surface area contributed by atoms with Gasteiger partial charge < -0.3 is 15.4 Å². The molecule has 3 rings (SSSR count). The number of aliphatic imine (C=N–C) groups is 3. The highest BCUT2D eigenvalue weighted by atomic mass is 32.2. The molecule has 1 saturated heterocycles. The molecule has 1 atom stereocenters. The topological polar surface area (TPSA) is 105 Å². The van der Waals surface area contributed by atoms with Crippen LogP contribution in [0.4, 0.5) is 4.79 Å². The average molecular weight is 308 g/mol. The van der Waals surface area contributed by atoms with Crippen molar-refractivity contribution in [1.82, 2.24) is 10.2 Å². The molecule has 3 aliphatic rings. The fourth-order valence-electron chi connectivity index (χ4n) is 2.26. The molecule has 0 spiro atoms. The Morgan fingerprint density at radius 1 is 1.52 bits per heavy atom. The van der Waals surface area contributed by atoms with Crippen LogP contribution >= 0.6 is 11.8 Å². The van der Waals surface area contributed by atoms with Gasteiger partial charge in [-0.1, -0.05) is 11.8 Å². The molecule has 112 valence electrons. The number of rotatable bonds is 1. The van der Waals surface area contributed by atoms with Crippen LogP contribution in [0.15, 0.2) is 26.6 Å². The Bertz CT molecular complexity index is 572. The number of nitrogens with two attached hydrogens (primary N) is 1. The molecule has 0 aromatic rings. The quantitative estimate of drug-likeness (QED) is 0.738. The van der Waals surface area contributed by atoms with Gasteiger partial charge in [0.15, 0.2) is 10.5 Å². The summed E-state index contributed by atoms with van der Waals surface area (Å²) in [7, 11) is 1.52. The van der Waals surface area contributed by atoms with Crippen molar-refractivity contribution in [2.24, 2.45) is 20.7 Å². The van der Waals surface area contributed by atoms with E-state index in [-0.39, 0.29) is 17.4 Å². The summed E-state index contributed by atoms with van der Waals surface area (Å²) in [5, 5.41) is 3.06. The van der Waals surface area contributed by atoms with Crippen molar-refractivity contribution in [3.8, 4) is 0 Å². The highest BCUT2D eigenvalue weighted by molar-refractivity contribution is 8.14. The highest BCUT2D eigenvalue weighted by Crippen LogP contribution is 2.34. The SMILES string of the molecule is COC1=C2N=C(NC(=O)N3CCC(N)CC3)SC2N=C=N1. The number of nitrogens with one attached hydrogen (secondary N) is 1. The molecule has 1 fully saturated rings. The van der Waals surface area contributed by atoms with Crippen LogP contribution in [0.5, 0.6) is 0 Å². The number of hydrogen-bond acceptors (Lipinski definition) is 7. The second kappa shape index (κ2) is 5.88. The van der Waals surface area contributed by atoms with Crippen LogP contribution in [-0.2, 0) is 4.74 Å². The molecule has 0 aliphatic carbocycles. The smallest absolute Gasteiger partial charge is 0.323 e. The second-order valence-corrected chi connectivity index (χ2v) is 5.95. The number of thioether (sulfide) groups is 1. The molecule has 3 N–H and O–H groups in total. The minimum absolute atomic E-state index is 0.156. The van der Waals surface area contributed by atoms with Crippen molar-refractivity contribution in [2.45, 2.75) is 24.3 Å². The van der Waals surface area contributed by atoms with Gasteiger partial charge in [0.05, 0.1) is 13.1 Å². The Morgan fingerprint density at radius 2 is 2.29 bits per heavy atom. The van der Waals surface area contributed by atoms with Gasteiger partial charge in [-0.25, -0.2) is 14.8 Å². The molecular formula is C12H16N6O2S. The van der Waals surface area contributed by atoms with Gasteiger partial charge in [0, 0.05) is 19.1 Å². The van der Waals surface area contributed by atoms with E-state index in [0.29, 0.717) is 29.8 Å². The van der Waals surface area contributed by atoms with Crippen molar-refractivity contribution in [2.75, 3.05) is 20.2 Å². The first-order valence-corrected chi connectivity index (χ1v) is 7.56. The van der Waals surface area contributed by atoms with E-state index in [9.17, 15) is 4.79 Å². The third kappa shape index (κ3) is 2.94. The number of amidine groups is 1. The van der Waals surface area contributed by atoms with E-state index < -0.39 is 0 Å². The maximum Gasteiger partial charge on any atom is 0.323 e. The minimum Gasteiger partial charge on any atom is -0.479 e. The number of ether oxygens (including phenoxy) is 1. The van der Waals surface area contributed by atoms with Crippen molar-refractivity contribution >= 4 is 29.0 Å². The van der Waals surface area contributed by atoms with E-state index in [4.69, 9.17) is 10.5 Å². The summed E-state index contributed by atoms with van der Waals surface area (Å²) in [5.74, 6) is 0.385. The van der Waals surface area contributed by atoms with Crippen molar-refractivity contribution in [3.05, 3.63) is 11.6 Å². The molecule has 3 heterocycles. The number of piperidine rings is 1. The second-order valence-electron chi connectivity index (χ2n) is 4.88. The maximum atomic E-state index is 12.2. The van der Waals surface area contributed by atoms with Crippen LogP contribution in [0.1, 0.15) is 12.8 Å². The fraction of sp³-hybridized carbons (Fsp3) is 0.583. The lowest BCUT2D eigenvalue weighted by Crippen LogP contribution is -2.48. The van der Waals surface area contributed by atoms with Crippen LogP contribution in [-0.4, -0.2) is 53.7 Å².